The van der Waals surface area contributed by atoms with Gasteiger partial charge in [0.1, 0.15) is 5.78 Å². The van der Waals surface area contributed by atoms with Crippen molar-refractivity contribution in [3.8, 4) is 0 Å². The minimum atomic E-state index is -0.547. The third kappa shape index (κ3) is 9.57. The van der Waals surface area contributed by atoms with Crippen LogP contribution in [0.4, 0.5) is 0 Å². The number of rotatable bonds is 6. The van der Waals surface area contributed by atoms with Gasteiger partial charge in [0.25, 0.3) is 0 Å². The van der Waals surface area contributed by atoms with Crippen molar-refractivity contribution in [3.05, 3.63) is 36.5 Å². The minimum absolute atomic E-state index is 0.0290. The predicted octanol–water partition coefficient (Wildman–Crippen LogP) is 21.3. The van der Waals surface area contributed by atoms with E-state index in [1.54, 1.807) is 0 Å². The Hall–Kier alpha value is -1.80. The summed E-state index contributed by atoms with van der Waals surface area (Å²) in [4.78, 5) is 25.7. The van der Waals surface area contributed by atoms with Gasteiger partial charge < -0.3 is 25.5 Å². The lowest BCUT2D eigenvalue weighted by Gasteiger charge is -2.73. The number of allylic oxidation sites excluding steroid dienone is 3. The molecule has 0 amide bonds. The quantitative estimate of drug-likeness (QED) is 0.167. The lowest BCUT2D eigenvalue weighted by atomic mass is 9.32. The number of aliphatic carboxylic acids is 1. The second-order valence-corrected chi connectivity index (χ2v) is 43.5. The summed E-state index contributed by atoms with van der Waals surface area (Å²) in [6.45, 7) is 58.0. The number of fused-ring (bicyclic) bond motifs is 21. The summed E-state index contributed by atoms with van der Waals surface area (Å²) in [7, 11) is 0. The molecule has 97 heavy (non-hydrogen) atoms. The highest BCUT2D eigenvalue weighted by Crippen LogP contribution is 2.82. The summed E-state index contributed by atoms with van der Waals surface area (Å²) in [5, 5.41) is 53.6. The summed E-state index contributed by atoms with van der Waals surface area (Å²) in [5.41, 5.74) is 6.23. The minimum Gasteiger partial charge on any atom is -0.481 e. The monoisotopic (exact) mass is 1340 g/mol. The molecule has 15 aliphatic rings. The molecule has 15 rings (SSSR count). The second-order valence-electron chi connectivity index (χ2n) is 43.5. The first-order chi connectivity index (χ1) is 45.0. The maximum atomic E-state index is 12.9. The molecule has 0 aromatic carbocycles. The van der Waals surface area contributed by atoms with E-state index >= 15 is 0 Å². The number of carbonyl (C=O) groups excluding carboxylic acids is 1. The number of carboxylic acids is 1. The average Bonchev–Trinajstić information content (AvgIpc) is 1.67. The Bertz CT molecular complexity index is 2990. The van der Waals surface area contributed by atoms with Crippen molar-refractivity contribution in [2.24, 2.45) is 170 Å². The molecular formula is C90H146O7. The summed E-state index contributed by atoms with van der Waals surface area (Å²) in [6.07, 6.45) is 34.6. The van der Waals surface area contributed by atoms with Crippen LogP contribution in [0, 0.1) is 170 Å². The van der Waals surface area contributed by atoms with Crippen molar-refractivity contribution in [2.75, 3.05) is 13.2 Å². The van der Waals surface area contributed by atoms with Gasteiger partial charge in [-0.2, -0.15) is 0 Å². The lowest BCUT2D eigenvalue weighted by Crippen LogP contribution is -2.66. The fourth-order valence-electron chi connectivity index (χ4n) is 34.4. The molecule has 15 saturated carbocycles. The molecule has 0 spiro atoms. The van der Waals surface area contributed by atoms with Gasteiger partial charge in [0.05, 0.1) is 17.6 Å². The van der Waals surface area contributed by atoms with Gasteiger partial charge in [-0.3, -0.25) is 9.59 Å². The number of carbonyl (C=O) groups is 2. The highest BCUT2D eigenvalue weighted by Gasteiger charge is 2.76. The van der Waals surface area contributed by atoms with Crippen molar-refractivity contribution in [1.29, 1.82) is 0 Å². The van der Waals surface area contributed by atoms with Crippen LogP contribution in [0.25, 0.3) is 0 Å². The Labute approximate surface area is 592 Å². The fourth-order valence-corrected chi connectivity index (χ4v) is 34.4. The second kappa shape index (κ2) is 23.6. The van der Waals surface area contributed by atoms with Crippen LogP contribution in [0.2, 0.25) is 0 Å². The molecule has 15 fully saturated rings. The first-order valence-electron chi connectivity index (χ1n) is 41.3. The maximum Gasteiger partial charge on any atom is 0.309 e. The van der Waals surface area contributed by atoms with E-state index in [1.165, 1.54) is 145 Å². The smallest absolute Gasteiger partial charge is 0.309 e. The topological polar surface area (TPSA) is 135 Å². The van der Waals surface area contributed by atoms with Gasteiger partial charge >= 0.3 is 5.97 Å². The Morgan fingerprint density at radius 2 is 0.711 bits per heavy atom. The van der Waals surface area contributed by atoms with Gasteiger partial charge in [-0.25, -0.2) is 0 Å². The number of ketones is 1. The molecular weight excluding hydrogens is 1190 g/mol. The summed E-state index contributed by atoms with van der Waals surface area (Å²) in [6, 6.07) is 0. The SMILES string of the molecule is C=C(C)[C@@H]1CC[C@]2(C(=O)O)CC[C@]3(C)[C@H](CC[C@@H]4[C@@]5(C)CCC(=O)C(C)(C)C5CC[C@]43C)C12.C=C(C)[C@@H]1CC[C@]2(CO)CC[C@]3(C)[C@H](CC[C@@H]4[C@@]5(C)CC[C@H](O)C(C)(C)C5CC[C@]43C)C12.C=C(C)[C@@H]1CC[C@]2(CO)CC[C@]3(C)[C@H](CC[C@@H]4[C@@]5(C)CC[C@H](O)C(C)(C)C5CC[C@]43C)C12. The number of aliphatic hydroxyl groups excluding tert-OH is 4. The van der Waals surface area contributed by atoms with Crippen molar-refractivity contribution in [2.45, 2.75) is 329 Å². The first-order valence-corrected chi connectivity index (χ1v) is 41.3. The molecule has 29 atom stereocenters. The van der Waals surface area contributed by atoms with Gasteiger partial charge in [0, 0.05) is 25.0 Å². The first kappa shape index (κ1) is 73.5. The zero-order valence-electron chi connectivity index (χ0n) is 65.6. The number of hydrogen-bond acceptors (Lipinski definition) is 6. The van der Waals surface area contributed by atoms with Crippen LogP contribution in [-0.2, 0) is 9.59 Å². The van der Waals surface area contributed by atoms with E-state index in [9.17, 15) is 35.1 Å². The average molecular weight is 1340 g/mol. The van der Waals surface area contributed by atoms with Crippen molar-refractivity contribution >= 4 is 11.8 Å². The van der Waals surface area contributed by atoms with E-state index in [0.717, 1.165) is 87.9 Å². The third-order valence-corrected chi connectivity index (χ3v) is 40.3. The van der Waals surface area contributed by atoms with Gasteiger partial charge in [-0.1, -0.05) is 140 Å². The van der Waals surface area contributed by atoms with Crippen molar-refractivity contribution < 1.29 is 35.1 Å². The van der Waals surface area contributed by atoms with Crippen LogP contribution >= 0.6 is 0 Å². The Balaban J connectivity index is 0.000000131. The highest BCUT2D eigenvalue weighted by molar-refractivity contribution is 5.85. The largest absolute Gasteiger partial charge is 0.481 e. The molecule has 7 nitrogen and oxygen atoms in total. The van der Waals surface area contributed by atoms with Gasteiger partial charge in [-0.15, -0.1) is 0 Å². The van der Waals surface area contributed by atoms with Crippen LogP contribution in [-0.4, -0.2) is 62.7 Å². The maximum absolute atomic E-state index is 12.9. The predicted molar refractivity (Wildman–Crippen MR) is 396 cm³/mol. The molecule has 5 N–H and O–H groups in total. The van der Waals surface area contributed by atoms with Crippen LogP contribution in [0.5, 0.6) is 0 Å². The molecule has 0 aromatic rings. The Kier molecular flexibility index (Phi) is 17.9. The van der Waals surface area contributed by atoms with Crippen LogP contribution in [0.15, 0.2) is 36.5 Å². The molecule has 0 aromatic heterocycles. The number of hydrogen-bond donors (Lipinski definition) is 5. The number of aliphatic hydroxyl groups is 4. The summed E-state index contributed by atoms with van der Waals surface area (Å²) >= 11 is 0. The molecule has 7 heteroatoms. The van der Waals surface area contributed by atoms with E-state index in [2.05, 4.69) is 144 Å². The Morgan fingerprint density at radius 3 is 1.08 bits per heavy atom. The van der Waals surface area contributed by atoms with Crippen molar-refractivity contribution in [3.63, 3.8) is 0 Å². The van der Waals surface area contributed by atoms with E-state index in [0.29, 0.717) is 111 Å². The zero-order valence-corrected chi connectivity index (χ0v) is 65.6. The van der Waals surface area contributed by atoms with Crippen LogP contribution < -0.4 is 0 Å². The Morgan fingerprint density at radius 1 is 0.371 bits per heavy atom. The number of carboxylic acid groups (broad SMARTS) is 1. The molecule has 6 unspecified atom stereocenters. The number of Topliss-reactive ketones (excluding diaryl/α,β-unsaturated/α-hetero) is 1. The summed E-state index contributed by atoms with van der Waals surface area (Å²) in [5.74, 6) is 8.72. The lowest BCUT2D eigenvalue weighted by molar-refractivity contribution is -0.249. The van der Waals surface area contributed by atoms with E-state index in [4.69, 9.17) is 0 Å². The zero-order chi connectivity index (χ0) is 70.8. The molecule has 0 radical (unpaired) electrons. The van der Waals surface area contributed by atoms with Gasteiger partial charge in [0.2, 0.25) is 0 Å². The van der Waals surface area contributed by atoms with E-state index in [-0.39, 0.29) is 61.4 Å². The van der Waals surface area contributed by atoms with E-state index < -0.39 is 11.4 Å². The molecule has 0 heterocycles. The molecule has 548 valence electrons. The van der Waals surface area contributed by atoms with E-state index in [1.807, 2.05) is 0 Å². The third-order valence-electron chi connectivity index (χ3n) is 40.3. The summed E-state index contributed by atoms with van der Waals surface area (Å²) < 4.78 is 0. The van der Waals surface area contributed by atoms with Crippen LogP contribution in [0.3, 0.4) is 0 Å². The molecule has 0 bridgehead atoms. The highest BCUT2D eigenvalue weighted by atomic mass is 16.4. The van der Waals surface area contributed by atoms with Crippen LogP contribution in [0.1, 0.15) is 317 Å². The fraction of sp³-hybridized carbons (Fsp3) is 0.911. The standard InChI is InChI=1S/C30H46O3.2C30H50O2/c1-18(2)19-10-15-30(25(32)33)17-16-28(6)20(24(19)30)8-9-22-27(5)13-12-23(31)26(3,4)21(27)11-14-29(22,28)7;2*1-19(2)20-10-15-30(18-31)17-16-28(6)21(25(20)30)8-9-23-27(5)13-12-24(32)26(3,4)22(27)11-14-29(23,28)7/h19-22,24H,1,8-17H2,2-7H3,(H,32,33);2*20-25,31-32H,1,8-18H2,2-7H3/t19-,20+,21?,22+,24?,27-,28+,29+,30-;2*20-,21+,22?,23+,24-,25?,27-,28+,29+,30+/m000/s1. The van der Waals surface area contributed by atoms with Gasteiger partial charge in [-0.05, 0) is 366 Å². The molecule has 15 aliphatic carbocycles. The van der Waals surface area contributed by atoms with Crippen molar-refractivity contribution in [1.82, 2.24) is 0 Å². The molecule has 0 aliphatic heterocycles. The molecule has 0 saturated heterocycles. The normalized spacial score (nSPS) is 55.2. The van der Waals surface area contributed by atoms with Gasteiger partial charge in [0.15, 0.2) is 0 Å².